The van der Waals surface area contributed by atoms with E-state index in [2.05, 4.69) is 20.6 Å². The van der Waals surface area contributed by atoms with E-state index < -0.39 is 11.9 Å². The van der Waals surface area contributed by atoms with Gasteiger partial charge in [0.05, 0.1) is 5.75 Å². The standard InChI is InChI=1S/C10H11N5O4S2/c1-15-6(16)3-2-5(14-15)8(19)11-9-12-13-10(21-9)20-4-7(17)18/h2-4H2,1H3,(H,17,18)(H,11,12,19). The second-order valence-corrected chi connectivity index (χ2v) is 6.17. The molecule has 1 aliphatic rings. The first-order valence-corrected chi connectivity index (χ1v) is 7.59. The van der Waals surface area contributed by atoms with Crippen LogP contribution in [0, 0.1) is 0 Å². The first-order chi connectivity index (χ1) is 9.95. The summed E-state index contributed by atoms with van der Waals surface area (Å²) >= 11 is 2.10. The number of carbonyl (C=O) groups excluding carboxylic acids is 2. The summed E-state index contributed by atoms with van der Waals surface area (Å²) in [5.41, 5.74) is 0.243. The van der Waals surface area contributed by atoms with E-state index in [0.29, 0.717) is 4.34 Å². The quantitative estimate of drug-likeness (QED) is 0.586. The predicted molar refractivity (Wildman–Crippen MR) is 76.3 cm³/mol. The second-order valence-electron chi connectivity index (χ2n) is 3.97. The van der Waals surface area contributed by atoms with Crippen molar-refractivity contribution in [3.05, 3.63) is 0 Å². The van der Waals surface area contributed by atoms with Crippen LogP contribution in [0.2, 0.25) is 0 Å². The first-order valence-electron chi connectivity index (χ1n) is 5.79. The highest BCUT2D eigenvalue weighted by atomic mass is 32.2. The molecule has 11 heteroatoms. The van der Waals surface area contributed by atoms with Crippen LogP contribution in [0.1, 0.15) is 12.8 Å². The molecular formula is C10H11N5O4S2. The molecular weight excluding hydrogens is 318 g/mol. The summed E-state index contributed by atoms with van der Waals surface area (Å²) in [6.07, 6.45) is 0.507. The number of aromatic nitrogens is 2. The molecule has 0 radical (unpaired) electrons. The minimum absolute atomic E-state index is 0.123. The van der Waals surface area contributed by atoms with Crippen LogP contribution in [-0.4, -0.2) is 56.6 Å². The molecule has 0 unspecified atom stereocenters. The number of hydrogen-bond donors (Lipinski definition) is 2. The zero-order valence-electron chi connectivity index (χ0n) is 10.9. The SMILES string of the molecule is CN1N=C(C(=O)Nc2nnc(SCC(=O)O)s2)CCC1=O. The Bertz CT molecular complexity index is 614. The maximum absolute atomic E-state index is 12.0. The van der Waals surface area contributed by atoms with Crippen molar-refractivity contribution in [2.75, 3.05) is 18.1 Å². The molecule has 0 bridgehead atoms. The lowest BCUT2D eigenvalue weighted by atomic mass is 10.1. The number of aliphatic carboxylic acids is 1. The Balaban J connectivity index is 1.95. The van der Waals surface area contributed by atoms with Gasteiger partial charge in [0.1, 0.15) is 5.71 Å². The van der Waals surface area contributed by atoms with Gasteiger partial charge < -0.3 is 5.11 Å². The Kier molecular flexibility index (Phi) is 4.85. The van der Waals surface area contributed by atoms with Crippen LogP contribution in [0.3, 0.4) is 0 Å². The summed E-state index contributed by atoms with van der Waals surface area (Å²) < 4.78 is 0.450. The third-order valence-corrected chi connectivity index (χ3v) is 4.37. The van der Waals surface area contributed by atoms with E-state index in [9.17, 15) is 14.4 Å². The minimum atomic E-state index is -0.954. The lowest BCUT2D eigenvalue weighted by molar-refractivity contribution is -0.134. The van der Waals surface area contributed by atoms with Gasteiger partial charge in [-0.3, -0.25) is 19.7 Å². The fraction of sp³-hybridized carbons (Fsp3) is 0.400. The molecule has 0 aromatic carbocycles. The summed E-state index contributed by atoms with van der Waals surface area (Å²) in [5.74, 6) is -1.66. The second kappa shape index (κ2) is 6.63. The Morgan fingerprint density at radius 3 is 2.86 bits per heavy atom. The fourth-order valence-electron chi connectivity index (χ4n) is 1.44. The van der Waals surface area contributed by atoms with Gasteiger partial charge in [0.15, 0.2) is 4.34 Å². The van der Waals surface area contributed by atoms with E-state index in [4.69, 9.17) is 5.11 Å². The smallest absolute Gasteiger partial charge is 0.313 e. The third kappa shape index (κ3) is 4.23. The molecule has 0 atom stereocenters. The van der Waals surface area contributed by atoms with Gasteiger partial charge >= 0.3 is 5.97 Å². The van der Waals surface area contributed by atoms with Gasteiger partial charge in [0.25, 0.3) is 5.91 Å². The average Bonchev–Trinajstić information content (AvgIpc) is 2.87. The number of hydrazone groups is 1. The Labute approximate surface area is 127 Å². The monoisotopic (exact) mass is 329 g/mol. The summed E-state index contributed by atoms with van der Waals surface area (Å²) in [6, 6.07) is 0. The van der Waals surface area contributed by atoms with Crippen LogP contribution in [0.5, 0.6) is 0 Å². The average molecular weight is 329 g/mol. The molecule has 1 aromatic heterocycles. The van der Waals surface area contributed by atoms with E-state index in [-0.39, 0.29) is 35.3 Å². The molecule has 1 aliphatic heterocycles. The molecule has 0 saturated carbocycles. The van der Waals surface area contributed by atoms with E-state index in [0.717, 1.165) is 28.1 Å². The van der Waals surface area contributed by atoms with E-state index in [1.165, 1.54) is 7.05 Å². The number of anilines is 1. The number of rotatable bonds is 5. The van der Waals surface area contributed by atoms with Gasteiger partial charge in [0.2, 0.25) is 11.0 Å². The summed E-state index contributed by atoms with van der Waals surface area (Å²) in [4.78, 5) is 33.7. The van der Waals surface area contributed by atoms with Crippen molar-refractivity contribution in [3.63, 3.8) is 0 Å². The van der Waals surface area contributed by atoms with E-state index in [1.54, 1.807) is 0 Å². The summed E-state index contributed by atoms with van der Waals surface area (Å²) in [7, 11) is 1.49. The molecule has 1 aromatic rings. The summed E-state index contributed by atoms with van der Waals surface area (Å²) in [5, 5.41) is 23.9. The zero-order valence-corrected chi connectivity index (χ0v) is 12.5. The van der Waals surface area contributed by atoms with Crippen molar-refractivity contribution < 1.29 is 19.5 Å². The van der Waals surface area contributed by atoms with E-state index >= 15 is 0 Å². The Morgan fingerprint density at radius 1 is 1.43 bits per heavy atom. The van der Waals surface area contributed by atoms with Crippen LogP contribution in [-0.2, 0) is 14.4 Å². The molecule has 0 aliphatic carbocycles. The van der Waals surface area contributed by atoms with E-state index in [1.807, 2.05) is 0 Å². The molecule has 112 valence electrons. The van der Waals surface area contributed by atoms with Crippen molar-refractivity contribution in [2.45, 2.75) is 17.2 Å². The maximum Gasteiger partial charge on any atom is 0.313 e. The Hall–Kier alpha value is -2.01. The number of carboxylic acids is 1. The van der Waals surface area contributed by atoms with Crippen LogP contribution >= 0.6 is 23.1 Å². The largest absolute Gasteiger partial charge is 0.481 e. The molecule has 9 nitrogen and oxygen atoms in total. The first kappa shape index (κ1) is 15.4. The number of nitrogens with zero attached hydrogens (tertiary/aromatic N) is 4. The van der Waals surface area contributed by atoms with Gasteiger partial charge in [-0.25, -0.2) is 5.01 Å². The number of hydrogen-bond acceptors (Lipinski definition) is 8. The van der Waals surface area contributed by atoms with Gasteiger partial charge in [-0.15, -0.1) is 10.2 Å². The number of carbonyl (C=O) groups is 3. The molecule has 2 amide bonds. The normalized spacial score (nSPS) is 14.8. The minimum Gasteiger partial charge on any atom is -0.481 e. The maximum atomic E-state index is 12.0. The number of thioether (sulfide) groups is 1. The van der Waals surface area contributed by atoms with Gasteiger partial charge in [-0.2, -0.15) is 5.10 Å². The van der Waals surface area contributed by atoms with Crippen molar-refractivity contribution in [1.82, 2.24) is 15.2 Å². The predicted octanol–water partition coefficient (Wildman–Crippen LogP) is 0.261. The molecule has 0 spiro atoms. The number of amides is 2. The van der Waals surface area contributed by atoms with Crippen LogP contribution in [0.15, 0.2) is 9.44 Å². The molecule has 0 fully saturated rings. The topological polar surface area (TPSA) is 125 Å². The summed E-state index contributed by atoms with van der Waals surface area (Å²) in [6.45, 7) is 0. The highest BCUT2D eigenvalue weighted by molar-refractivity contribution is 8.01. The number of carboxylic acid groups (broad SMARTS) is 1. The van der Waals surface area contributed by atoms with Crippen molar-refractivity contribution in [3.8, 4) is 0 Å². The highest BCUT2D eigenvalue weighted by Gasteiger charge is 2.22. The van der Waals surface area contributed by atoms with Gasteiger partial charge in [-0.1, -0.05) is 23.1 Å². The Morgan fingerprint density at radius 2 is 2.19 bits per heavy atom. The van der Waals surface area contributed by atoms with Crippen molar-refractivity contribution >= 4 is 51.7 Å². The molecule has 0 saturated heterocycles. The van der Waals surface area contributed by atoms with Crippen LogP contribution in [0.25, 0.3) is 0 Å². The zero-order chi connectivity index (χ0) is 15.4. The molecule has 21 heavy (non-hydrogen) atoms. The van der Waals surface area contributed by atoms with Crippen molar-refractivity contribution in [1.29, 1.82) is 0 Å². The number of nitrogens with one attached hydrogen (secondary N) is 1. The fourth-order valence-corrected chi connectivity index (χ4v) is 2.91. The van der Waals surface area contributed by atoms with Gasteiger partial charge in [0, 0.05) is 19.9 Å². The molecule has 2 N–H and O–H groups in total. The molecule has 2 heterocycles. The molecule has 2 rings (SSSR count). The van der Waals surface area contributed by atoms with Crippen molar-refractivity contribution in [2.24, 2.45) is 5.10 Å². The lowest BCUT2D eigenvalue weighted by Crippen LogP contribution is -2.34. The highest BCUT2D eigenvalue weighted by Crippen LogP contribution is 2.25. The van der Waals surface area contributed by atoms with Crippen LogP contribution in [0.4, 0.5) is 5.13 Å². The lowest BCUT2D eigenvalue weighted by Gasteiger charge is -2.18. The van der Waals surface area contributed by atoms with Gasteiger partial charge in [-0.05, 0) is 0 Å². The van der Waals surface area contributed by atoms with Crippen LogP contribution < -0.4 is 5.32 Å². The third-order valence-electron chi connectivity index (χ3n) is 2.42.